The standard InChI is InChI=1S/C22H15Cl3N2O4/c23-14-3-5-17-18(9-14)27-21(26-17)11-31-19-6-2-13(22(28)29)8-20(19)30-10-12-1-4-15(24)16(25)7-12/h1-9H,10-11H2,(H,26,27)(H,28,29). The highest BCUT2D eigenvalue weighted by atomic mass is 35.5. The molecule has 0 aliphatic rings. The fraction of sp³-hybridized carbons (Fsp3) is 0.0909. The monoisotopic (exact) mass is 476 g/mol. The van der Waals surface area contributed by atoms with E-state index in [1.165, 1.54) is 12.1 Å². The average Bonchev–Trinajstić information content (AvgIpc) is 3.15. The van der Waals surface area contributed by atoms with Crippen molar-refractivity contribution in [1.29, 1.82) is 0 Å². The Morgan fingerprint density at radius 3 is 2.48 bits per heavy atom. The van der Waals surface area contributed by atoms with Crippen molar-refractivity contribution in [2.75, 3.05) is 0 Å². The largest absolute Gasteiger partial charge is 0.485 e. The van der Waals surface area contributed by atoms with E-state index in [1.54, 1.807) is 36.4 Å². The number of carbonyl (C=O) groups is 1. The lowest BCUT2D eigenvalue weighted by Gasteiger charge is -2.13. The molecule has 0 saturated carbocycles. The van der Waals surface area contributed by atoms with E-state index in [0.29, 0.717) is 26.6 Å². The second-order valence-corrected chi connectivity index (χ2v) is 7.89. The van der Waals surface area contributed by atoms with Crippen LogP contribution in [-0.4, -0.2) is 21.0 Å². The van der Waals surface area contributed by atoms with Gasteiger partial charge in [-0.2, -0.15) is 0 Å². The molecule has 9 heteroatoms. The molecule has 0 amide bonds. The van der Waals surface area contributed by atoms with Gasteiger partial charge in [-0.05, 0) is 54.1 Å². The fourth-order valence-corrected chi connectivity index (χ4v) is 3.41. The van der Waals surface area contributed by atoms with Gasteiger partial charge in [-0.1, -0.05) is 40.9 Å². The summed E-state index contributed by atoms with van der Waals surface area (Å²) in [6.07, 6.45) is 0. The van der Waals surface area contributed by atoms with Gasteiger partial charge < -0.3 is 19.6 Å². The maximum atomic E-state index is 11.4. The smallest absolute Gasteiger partial charge is 0.335 e. The summed E-state index contributed by atoms with van der Waals surface area (Å²) in [5.74, 6) is 0.184. The first-order valence-corrected chi connectivity index (χ1v) is 10.2. The van der Waals surface area contributed by atoms with E-state index in [2.05, 4.69) is 9.97 Å². The van der Waals surface area contributed by atoms with Crippen LogP contribution in [0.1, 0.15) is 21.7 Å². The number of H-pyrrole nitrogens is 1. The Labute approximate surface area is 192 Å². The van der Waals surface area contributed by atoms with Crippen molar-refractivity contribution < 1.29 is 19.4 Å². The summed E-state index contributed by atoms with van der Waals surface area (Å²) < 4.78 is 11.7. The Morgan fingerprint density at radius 1 is 0.903 bits per heavy atom. The zero-order valence-corrected chi connectivity index (χ0v) is 18.1. The van der Waals surface area contributed by atoms with Crippen LogP contribution in [0.25, 0.3) is 11.0 Å². The van der Waals surface area contributed by atoms with Crippen molar-refractivity contribution in [3.05, 3.63) is 86.6 Å². The maximum Gasteiger partial charge on any atom is 0.335 e. The number of hydrogen-bond acceptors (Lipinski definition) is 4. The molecule has 0 fully saturated rings. The van der Waals surface area contributed by atoms with Crippen LogP contribution >= 0.6 is 34.8 Å². The van der Waals surface area contributed by atoms with Crippen molar-refractivity contribution in [1.82, 2.24) is 9.97 Å². The predicted octanol–water partition coefficient (Wildman–Crippen LogP) is 6.38. The van der Waals surface area contributed by atoms with E-state index in [0.717, 1.165) is 16.6 Å². The maximum absolute atomic E-state index is 11.4. The Hall–Kier alpha value is -2.93. The second kappa shape index (κ2) is 9.06. The minimum atomic E-state index is -1.07. The van der Waals surface area contributed by atoms with Gasteiger partial charge in [-0.15, -0.1) is 0 Å². The normalized spacial score (nSPS) is 10.9. The number of carboxylic acids is 1. The number of rotatable bonds is 7. The Kier molecular flexibility index (Phi) is 6.23. The van der Waals surface area contributed by atoms with Crippen LogP contribution in [0, 0.1) is 0 Å². The van der Waals surface area contributed by atoms with Crippen LogP contribution in [0.5, 0.6) is 11.5 Å². The van der Waals surface area contributed by atoms with Crippen LogP contribution in [0.4, 0.5) is 0 Å². The van der Waals surface area contributed by atoms with Gasteiger partial charge in [-0.25, -0.2) is 9.78 Å². The molecule has 31 heavy (non-hydrogen) atoms. The number of halogens is 3. The molecule has 2 N–H and O–H groups in total. The van der Waals surface area contributed by atoms with E-state index in [9.17, 15) is 9.90 Å². The van der Waals surface area contributed by atoms with Crippen LogP contribution in [0.15, 0.2) is 54.6 Å². The zero-order valence-electron chi connectivity index (χ0n) is 15.9. The van der Waals surface area contributed by atoms with E-state index in [1.807, 2.05) is 6.07 Å². The SMILES string of the molecule is O=C(O)c1ccc(OCc2nc3ccc(Cl)cc3[nH]2)c(OCc2ccc(Cl)c(Cl)c2)c1. The van der Waals surface area contributed by atoms with E-state index < -0.39 is 5.97 Å². The first-order valence-electron chi connectivity index (χ1n) is 9.10. The summed E-state index contributed by atoms with van der Waals surface area (Å²) >= 11 is 18.0. The fourth-order valence-electron chi connectivity index (χ4n) is 2.91. The molecule has 3 aromatic carbocycles. The topological polar surface area (TPSA) is 84.4 Å². The molecule has 6 nitrogen and oxygen atoms in total. The third-order valence-electron chi connectivity index (χ3n) is 4.43. The zero-order chi connectivity index (χ0) is 22.0. The van der Waals surface area contributed by atoms with E-state index in [4.69, 9.17) is 44.3 Å². The third-order valence-corrected chi connectivity index (χ3v) is 5.40. The highest BCUT2D eigenvalue weighted by molar-refractivity contribution is 6.42. The summed E-state index contributed by atoms with van der Waals surface area (Å²) in [7, 11) is 0. The number of benzene rings is 3. The molecule has 4 rings (SSSR count). The first-order chi connectivity index (χ1) is 14.9. The van der Waals surface area contributed by atoms with Crippen LogP contribution in [0.2, 0.25) is 15.1 Å². The lowest BCUT2D eigenvalue weighted by atomic mass is 10.2. The van der Waals surface area contributed by atoms with Gasteiger partial charge in [-0.3, -0.25) is 0 Å². The number of aromatic nitrogens is 2. The van der Waals surface area contributed by atoms with Gasteiger partial charge in [0.05, 0.1) is 26.6 Å². The number of imidazole rings is 1. The number of aromatic amines is 1. The molecular formula is C22H15Cl3N2O4. The highest BCUT2D eigenvalue weighted by Crippen LogP contribution is 2.31. The van der Waals surface area contributed by atoms with Gasteiger partial charge in [0.2, 0.25) is 0 Å². The minimum Gasteiger partial charge on any atom is -0.485 e. The van der Waals surface area contributed by atoms with Gasteiger partial charge in [0.1, 0.15) is 19.0 Å². The number of carboxylic acid groups (broad SMARTS) is 1. The van der Waals surface area contributed by atoms with E-state index >= 15 is 0 Å². The lowest BCUT2D eigenvalue weighted by molar-refractivity contribution is 0.0696. The number of fused-ring (bicyclic) bond motifs is 1. The van der Waals surface area contributed by atoms with Gasteiger partial charge in [0.15, 0.2) is 11.5 Å². The average molecular weight is 478 g/mol. The van der Waals surface area contributed by atoms with Crippen molar-refractivity contribution in [3.63, 3.8) is 0 Å². The Balaban J connectivity index is 1.54. The summed E-state index contributed by atoms with van der Waals surface area (Å²) in [5.41, 5.74) is 2.41. The number of nitrogens with zero attached hydrogens (tertiary/aromatic N) is 1. The molecule has 0 radical (unpaired) electrons. The van der Waals surface area contributed by atoms with Crippen LogP contribution in [0.3, 0.4) is 0 Å². The number of aromatic carboxylic acids is 1. The van der Waals surface area contributed by atoms with Gasteiger partial charge >= 0.3 is 5.97 Å². The number of hydrogen-bond donors (Lipinski definition) is 2. The molecule has 0 atom stereocenters. The molecule has 158 valence electrons. The Bertz CT molecular complexity index is 1270. The summed E-state index contributed by atoms with van der Waals surface area (Å²) in [4.78, 5) is 19.0. The molecule has 0 bridgehead atoms. The second-order valence-electron chi connectivity index (χ2n) is 6.64. The summed E-state index contributed by atoms with van der Waals surface area (Å²) in [5, 5.41) is 10.8. The van der Waals surface area contributed by atoms with Crippen molar-refractivity contribution >= 4 is 51.8 Å². The number of nitrogens with one attached hydrogen (secondary N) is 1. The van der Waals surface area contributed by atoms with Crippen LogP contribution < -0.4 is 9.47 Å². The van der Waals surface area contributed by atoms with Gasteiger partial charge in [0.25, 0.3) is 0 Å². The molecule has 0 saturated heterocycles. The molecule has 0 spiro atoms. The van der Waals surface area contributed by atoms with Gasteiger partial charge in [0, 0.05) is 5.02 Å². The molecule has 0 aliphatic carbocycles. The molecule has 1 aromatic heterocycles. The minimum absolute atomic E-state index is 0.0786. The van der Waals surface area contributed by atoms with Crippen LogP contribution in [-0.2, 0) is 13.2 Å². The third kappa shape index (κ3) is 5.05. The van der Waals surface area contributed by atoms with Crippen molar-refractivity contribution in [2.24, 2.45) is 0 Å². The predicted molar refractivity (Wildman–Crippen MR) is 120 cm³/mol. The summed E-state index contributed by atoms with van der Waals surface area (Å²) in [6, 6.07) is 14.9. The lowest BCUT2D eigenvalue weighted by Crippen LogP contribution is -2.04. The molecular weight excluding hydrogens is 463 g/mol. The number of ether oxygens (including phenoxy) is 2. The quantitative estimate of drug-likeness (QED) is 0.323. The molecule has 0 aliphatic heterocycles. The van der Waals surface area contributed by atoms with Crippen molar-refractivity contribution in [2.45, 2.75) is 13.2 Å². The first kappa shape index (κ1) is 21.3. The molecule has 0 unspecified atom stereocenters. The highest BCUT2D eigenvalue weighted by Gasteiger charge is 2.13. The van der Waals surface area contributed by atoms with E-state index in [-0.39, 0.29) is 24.5 Å². The molecule has 4 aromatic rings. The summed E-state index contributed by atoms with van der Waals surface area (Å²) in [6.45, 7) is 0.279. The Morgan fingerprint density at radius 2 is 1.71 bits per heavy atom. The molecule has 1 heterocycles. The van der Waals surface area contributed by atoms with Crippen molar-refractivity contribution in [3.8, 4) is 11.5 Å².